The molecule has 7 nitrogen and oxygen atoms in total. The fourth-order valence-electron chi connectivity index (χ4n) is 4.00. The molecule has 0 radical (unpaired) electrons. The molecule has 0 bridgehead atoms. The first-order valence-electron chi connectivity index (χ1n) is 9.46. The van der Waals surface area contributed by atoms with E-state index < -0.39 is 17.2 Å². The molecule has 2 unspecified atom stereocenters. The minimum atomic E-state index is -1.30. The highest BCUT2D eigenvalue weighted by atomic mass is 19.1. The van der Waals surface area contributed by atoms with Gasteiger partial charge in [-0.2, -0.15) is 5.26 Å². The normalized spacial score (nSPS) is 22.2. The molecule has 2 aromatic rings. The van der Waals surface area contributed by atoms with Gasteiger partial charge in [0, 0.05) is 17.6 Å². The Hall–Kier alpha value is -2.92. The molecule has 1 saturated carbocycles. The van der Waals surface area contributed by atoms with Crippen molar-refractivity contribution >= 4 is 22.6 Å². The lowest BCUT2D eigenvalue weighted by molar-refractivity contribution is -0.906. The number of aromatic carboxylic acids is 1. The highest BCUT2D eigenvalue weighted by molar-refractivity contribution is 5.93. The molecule has 4 rings (SSSR count). The van der Waals surface area contributed by atoms with Gasteiger partial charge < -0.3 is 19.5 Å². The lowest BCUT2D eigenvalue weighted by atomic mass is 10.1. The van der Waals surface area contributed by atoms with Crippen LogP contribution in [0.25, 0.3) is 10.9 Å². The molecule has 1 aromatic heterocycles. The number of fused-ring (bicyclic) bond motifs is 1. The minimum absolute atomic E-state index is 0.0915. The quantitative estimate of drug-likeness (QED) is 0.812. The Morgan fingerprint density at radius 3 is 2.82 bits per heavy atom. The van der Waals surface area contributed by atoms with E-state index in [0.29, 0.717) is 30.7 Å². The zero-order chi connectivity index (χ0) is 20.0. The number of nitrogens with one attached hydrogen (secondary N) is 1. The number of benzene rings is 1. The third kappa shape index (κ3) is 3.12. The zero-order valence-corrected chi connectivity index (χ0v) is 15.6. The van der Waals surface area contributed by atoms with E-state index >= 15 is 0 Å². The number of anilines is 1. The average molecular weight is 385 g/mol. The standard InChI is InChI=1S/C20H21FN4O3/c1-23-6-7-24(10-13(23)4-5-22)18-9-17-14(8-16(18)21)19(26)15(20(27)28)11-25(17)12-2-3-12/h8-9,11-13H,2-4,6-7,10H2,1H3,(H,27,28)/p+1. The molecule has 0 spiro atoms. The van der Waals surface area contributed by atoms with Crippen LogP contribution in [0.15, 0.2) is 23.1 Å². The molecule has 146 valence electrons. The van der Waals surface area contributed by atoms with Crippen LogP contribution < -0.4 is 15.2 Å². The Bertz CT molecular complexity index is 1050. The molecule has 2 N–H and O–H groups in total. The van der Waals surface area contributed by atoms with E-state index in [1.54, 1.807) is 10.6 Å². The van der Waals surface area contributed by atoms with Crippen molar-refractivity contribution in [2.45, 2.75) is 31.3 Å². The summed E-state index contributed by atoms with van der Waals surface area (Å²) in [7, 11) is 2.04. The summed E-state index contributed by atoms with van der Waals surface area (Å²) in [5.41, 5.74) is -0.0179. The van der Waals surface area contributed by atoms with Gasteiger partial charge in [-0.25, -0.2) is 9.18 Å². The maximum Gasteiger partial charge on any atom is 0.341 e. The molecule has 1 aromatic carbocycles. The largest absolute Gasteiger partial charge is 0.477 e. The van der Waals surface area contributed by atoms with Gasteiger partial charge in [0.15, 0.2) is 0 Å². The SMILES string of the molecule is C[NH+]1CCN(c2cc3c(cc2F)c(=O)c(C(=O)O)cn3C2CC2)CC1CC#N. The van der Waals surface area contributed by atoms with Crippen molar-refractivity contribution in [2.75, 3.05) is 31.6 Å². The molecule has 8 heteroatoms. The van der Waals surface area contributed by atoms with Gasteiger partial charge >= 0.3 is 5.97 Å². The van der Waals surface area contributed by atoms with Crippen molar-refractivity contribution in [3.8, 4) is 6.07 Å². The molecular formula is C20H22FN4O3+. The first-order valence-corrected chi connectivity index (χ1v) is 9.46. The summed E-state index contributed by atoms with van der Waals surface area (Å²) in [6.07, 6.45) is 3.60. The Kier molecular flexibility index (Phi) is 4.55. The first kappa shape index (κ1) is 18.4. The van der Waals surface area contributed by atoms with Crippen molar-refractivity contribution in [2.24, 2.45) is 0 Å². The summed E-state index contributed by atoms with van der Waals surface area (Å²) < 4.78 is 16.8. The maximum absolute atomic E-state index is 15.0. The van der Waals surface area contributed by atoms with Crippen molar-refractivity contribution in [1.29, 1.82) is 5.26 Å². The van der Waals surface area contributed by atoms with E-state index in [1.165, 1.54) is 17.2 Å². The second kappa shape index (κ2) is 6.91. The summed E-state index contributed by atoms with van der Waals surface area (Å²) in [5.74, 6) is -1.84. The van der Waals surface area contributed by atoms with Gasteiger partial charge in [0.05, 0.1) is 50.4 Å². The number of carbonyl (C=O) groups is 1. The molecule has 1 aliphatic heterocycles. The summed E-state index contributed by atoms with van der Waals surface area (Å²) >= 11 is 0. The van der Waals surface area contributed by atoms with Crippen molar-refractivity contribution < 1.29 is 19.2 Å². The predicted molar refractivity (Wildman–Crippen MR) is 101 cm³/mol. The van der Waals surface area contributed by atoms with Crippen LogP contribution in [0.3, 0.4) is 0 Å². The number of rotatable bonds is 4. The average Bonchev–Trinajstić information content (AvgIpc) is 3.49. The second-order valence-electron chi connectivity index (χ2n) is 7.74. The molecule has 2 fully saturated rings. The number of pyridine rings is 1. The van der Waals surface area contributed by atoms with E-state index in [0.717, 1.165) is 19.4 Å². The van der Waals surface area contributed by atoms with Crippen molar-refractivity contribution in [3.05, 3.63) is 39.9 Å². The van der Waals surface area contributed by atoms with Gasteiger partial charge in [-0.05, 0) is 25.0 Å². The van der Waals surface area contributed by atoms with E-state index in [9.17, 15) is 19.1 Å². The second-order valence-corrected chi connectivity index (χ2v) is 7.74. The molecule has 2 atom stereocenters. The topological polar surface area (TPSA) is 90.8 Å². The summed E-state index contributed by atoms with van der Waals surface area (Å²) in [6, 6.07) is 5.27. The monoisotopic (exact) mass is 385 g/mol. The Morgan fingerprint density at radius 2 is 2.18 bits per heavy atom. The van der Waals surface area contributed by atoms with Crippen LogP contribution in [0.4, 0.5) is 10.1 Å². The molecule has 2 heterocycles. The van der Waals surface area contributed by atoms with Gasteiger partial charge in [-0.3, -0.25) is 4.79 Å². The van der Waals surface area contributed by atoms with E-state index in [1.807, 2.05) is 11.9 Å². The number of hydrogen-bond donors (Lipinski definition) is 2. The lowest BCUT2D eigenvalue weighted by Crippen LogP contribution is -3.16. The smallest absolute Gasteiger partial charge is 0.341 e. The van der Waals surface area contributed by atoms with Crippen LogP contribution in [0, 0.1) is 17.1 Å². The number of quaternary nitrogens is 1. The fourth-order valence-corrected chi connectivity index (χ4v) is 4.00. The number of likely N-dealkylation sites (N-methyl/N-ethyl adjacent to an activating group) is 1. The third-order valence-corrected chi connectivity index (χ3v) is 5.86. The van der Waals surface area contributed by atoms with Gasteiger partial charge in [0.1, 0.15) is 17.4 Å². The number of carboxylic acid groups (broad SMARTS) is 1. The number of nitriles is 1. The molecule has 2 aliphatic rings. The first-order chi connectivity index (χ1) is 13.4. The third-order valence-electron chi connectivity index (χ3n) is 5.86. The number of halogens is 1. The molecule has 1 aliphatic carbocycles. The number of nitrogens with zero attached hydrogens (tertiary/aromatic N) is 3. The highest BCUT2D eigenvalue weighted by Gasteiger charge is 2.31. The van der Waals surface area contributed by atoms with Crippen LogP contribution >= 0.6 is 0 Å². The number of aromatic nitrogens is 1. The Morgan fingerprint density at radius 1 is 1.43 bits per heavy atom. The Labute approximate surface area is 161 Å². The molecule has 28 heavy (non-hydrogen) atoms. The minimum Gasteiger partial charge on any atom is -0.477 e. The summed E-state index contributed by atoms with van der Waals surface area (Å²) in [5, 5.41) is 18.5. The van der Waals surface area contributed by atoms with E-state index in [4.69, 9.17) is 5.26 Å². The Balaban J connectivity index is 1.83. The highest BCUT2D eigenvalue weighted by Crippen LogP contribution is 2.38. The van der Waals surface area contributed by atoms with Gasteiger partial charge in [-0.1, -0.05) is 0 Å². The van der Waals surface area contributed by atoms with Crippen molar-refractivity contribution in [3.63, 3.8) is 0 Å². The van der Waals surface area contributed by atoms with E-state index in [-0.39, 0.29) is 23.0 Å². The number of carboxylic acids is 1. The van der Waals surface area contributed by atoms with Gasteiger partial charge in [-0.15, -0.1) is 0 Å². The fraction of sp³-hybridized carbons (Fsp3) is 0.450. The van der Waals surface area contributed by atoms with Crippen LogP contribution in [-0.2, 0) is 0 Å². The van der Waals surface area contributed by atoms with Crippen LogP contribution in [0.5, 0.6) is 0 Å². The van der Waals surface area contributed by atoms with Crippen molar-refractivity contribution in [1.82, 2.24) is 4.57 Å². The van der Waals surface area contributed by atoms with Gasteiger partial charge in [0.2, 0.25) is 5.43 Å². The summed E-state index contributed by atoms with van der Waals surface area (Å²) in [6.45, 7) is 2.00. The molecule has 0 amide bonds. The predicted octanol–water partition coefficient (Wildman–Crippen LogP) is 0.791. The van der Waals surface area contributed by atoms with Crippen LogP contribution in [0.2, 0.25) is 0 Å². The molecule has 1 saturated heterocycles. The lowest BCUT2D eigenvalue weighted by Gasteiger charge is -2.37. The molecular weight excluding hydrogens is 363 g/mol. The maximum atomic E-state index is 15.0. The van der Waals surface area contributed by atoms with Gasteiger partial charge in [0.25, 0.3) is 0 Å². The zero-order valence-electron chi connectivity index (χ0n) is 15.6. The number of piperazine rings is 1. The van der Waals surface area contributed by atoms with Crippen LogP contribution in [0.1, 0.15) is 35.7 Å². The van der Waals surface area contributed by atoms with E-state index in [2.05, 4.69) is 6.07 Å². The number of hydrogen-bond acceptors (Lipinski definition) is 4. The van der Waals surface area contributed by atoms with Crippen LogP contribution in [-0.4, -0.2) is 48.4 Å². The summed E-state index contributed by atoms with van der Waals surface area (Å²) in [4.78, 5) is 27.2.